The summed E-state index contributed by atoms with van der Waals surface area (Å²) in [6.07, 6.45) is 2.40. The van der Waals surface area contributed by atoms with Crippen molar-refractivity contribution in [1.29, 1.82) is 0 Å². The van der Waals surface area contributed by atoms with Gasteiger partial charge in [0.15, 0.2) is 0 Å². The highest BCUT2D eigenvalue weighted by Crippen LogP contribution is 2.32. The van der Waals surface area contributed by atoms with E-state index in [0.29, 0.717) is 13.0 Å². The van der Waals surface area contributed by atoms with Crippen LogP contribution in [0.2, 0.25) is 0 Å². The number of methoxy groups -OCH3 is 1. The van der Waals surface area contributed by atoms with Gasteiger partial charge in [0.05, 0.1) is 18.9 Å². The van der Waals surface area contributed by atoms with E-state index in [-0.39, 0.29) is 18.4 Å². The number of aryl methyl sites for hydroxylation is 1. The van der Waals surface area contributed by atoms with E-state index in [4.69, 9.17) is 9.47 Å². The van der Waals surface area contributed by atoms with Crippen LogP contribution in [0.1, 0.15) is 53.2 Å². The number of carbonyl (C=O) groups is 1. The molecule has 2 atom stereocenters. The van der Waals surface area contributed by atoms with Crippen molar-refractivity contribution in [3.05, 3.63) is 101 Å². The average Bonchev–Trinajstić information content (AvgIpc) is 3.34. The summed E-state index contributed by atoms with van der Waals surface area (Å²) in [7, 11) is 1.70. The molecule has 3 aromatic carbocycles. The van der Waals surface area contributed by atoms with Crippen molar-refractivity contribution in [1.82, 2.24) is 4.98 Å². The molecule has 0 aliphatic rings. The summed E-state index contributed by atoms with van der Waals surface area (Å²) in [4.78, 5) is 14.6. The minimum absolute atomic E-state index is 0.0309. The Hall–Kier alpha value is -4.01. The van der Waals surface area contributed by atoms with Crippen LogP contribution in [0.5, 0.6) is 5.75 Å². The van der Waals surface area contributed by atoms with Crippen molar-refractivity contribution >= 4 is 16.9 Å². The molecule has 1 aromatic heterocycles. The number of nitrogens with one attached hydrogen (secondary N) is 1. The van der Waals surface area contributed by atoms with Crippen molar-refractivity contribution in [2.75, 3.05) is 7.11 Å². The van der Waals surface area contributed by atoms with Gasteiger partial charge in [-0.05, 0) is 65.3 Å². The number of aromatic amines is 1. The Morgan fingerprint density at radius 3 is 2.56 bits per heavy atom. The molecule has 5 nitrogen and oxygen atoms in total. The fourth-order valence-electron chi connectivity index (χ4n) is 4.63. The lowest BCUT2D eigenvalue weighted by Crippen LogP contribution is -2.13. The highest BCUT2D eigenvalue weighted by Gasteiger charge is 2.20. The highest BCUT2D eigenvalue weighted by molar-refractivity contribution is 5.83. The summed E-state index contributed by atoms with van der Waals surface area (Å²) in [5, 5.41) is 10.4. The van der Waals surface area contributed by atoms with E-state index >= 15 is 0 Å². The van der Waals surface area contributed by atoms with Gasteiger partial charge in [-0.15, -0.1) is 5.92 Å². The lowest BCUT2D eigenvalue weighted by atomic mass is 9.95. The number of rotatable bonds is 10. The van der Waals surface area contributed by atoms with E-state index in [1.165, 1.54) is 5.39 Å². The molecule has 0 aliphatic carbocycles. The molecule has 184 valence electrons. The van der Waals surface area contributed by atoms with Gasteiger partial charge in [0.2, 0.25) is 0 Å². The third kappa shape index (κ3) is 5.97. The third-order valence-electron chi connectivity index (χ3n) is 6.36. The number of ether oxygens (including phenoxy) is 2. The summed E-state index contributed by atoms with van der Waals surface area (Å²) in [5.74, 6) is 5.35. The number of fused-ring (bicyclic) bond motifs is 1. The maximum absolute atomic E-state index is 11.3. The molecule has 0 bridgehead atoms. The van der Waals surface area contributed by atoms with Gasteiger partial charge in [0.25, 0.3) is 0 Å². The van der Waals surface area contributed by atoms with Crippen molar-refractivity contribution in [3.8, 4) is 17.6 Å². The number of aliphatic carboxylic acids is 1. The van der Waals surface area contributed by atoms with Crippen LogP contribution in [0.3, 0.4) is 0 Å². The number of carboxylic acids is 1. The number of aromatic nitrogens is 1. The zero-order valence-corrected chi connectivity index (χ0v) is 20.9. The van der Waals surface area contributed by atoms with Gasteiger partial charge < -0.3 is 19.6 Å². The number of carboxylic acid groups (broad SMARTS) is 1. The monoisotopic (exact) mass is 481 g/mol. The molecule has 2 unspecified atom stereocenters. The van der Waals surface area contributed by atoms with E-state index in [0.717, 1.165) is 39.1 Å². The number of benzene rings is 3. The Morgan fingerprint density at radius 2 is 1.83 bits per heavy atom. The van der Waals surface area contributed by atoms with Gasteiger partial charge in [0, 0.05) is 25.2 Å². The van der Waals surface area contributed by atoms with E-state index in [9.17, 15) is 9.90 Å². The van der Waals surface area contributed by atoms with Crippen molar-refractivity contribution < 1.29 is 19.4 Å². The lowest BCUT2D eigenvalue weighted by molar-refractivity contribution is -0.137. The van der Waals surface area contributed by atoms with Crippen LogP contribution < -0.4 is 4.74 Å². The van der Waals surface area contributed by atoms with E-state index < -0.39 is 5.97 Å². The maximum Gasteiger partial charge on any atom is 0.304 e. The molecule has 0 fully saturated rings. The van der Waals surface area contributed by atoms with Crippen LogP contribution in [-0.2, 0) is 22.6 Å². The predicted octanol–water partition coefficient (Wildman–Crippen LogP) is 6.57. The second-order valence-corrected chi connectivity index (χ2v) is 8.90. The molecular formula is C31H31NO4. The minimum atomic E-state index is -0.867. The SMILES string of the molecule is CC#CC(CC(=O)O)c1ccc(OC(Cc2cccc(COC)c2)c2ccc3cc[nH]c3c2C)cc1. The number of hydrogen-bond acceptors (Lipinski definition) is 3. The molecule has 0 amide bonds. The Bertz CT molecular complexity index is 1390. The Balaban J connectivity index is 1.65. The van der Waals surface area contributed by atoms with Gasteiger partial charge in [-0.3, -0.25) is 4.79 Å². The highest BCUT2D eigenvalue weighted by atomic mass is 16.5. The molecule has 36 heavy (non-hydrogen) atoms. The normalized spacial score (nSPS) is 12.5. The molecular weight excluding hydrogens is 450 g/mol. The van der Waals surface area contributed by atoms with Crippen LogP contribution in [-0.4, -0.2) is 23.2 Å². The Labute approximate surface area is 212 Å². The first-order chi connectivity index (χ1) is 17.5. The molecule has 0 aliphatic heterocycles. The second kappa shape index (κ2) is 11.6. The smallest absolute Gasteiger partial charge is 0.304 e. The second-order valence-electron chi connectivity index (χ2n) is 8.90. The molecule has 0 saturated heterocycles. The summed E-state index contributed by atoms with van der Waals surface area (Å²) < 4.78 is 11.9. The molecule has 5 heteroatoms. The number of H-pyrrole nitrogens is 1. The molecule has 2 N–H and O–H groups in total. The van der Waals surface area contributed by atoms with Crippen LogP contribution in [0.25, 0.3) is 10.9 Å². The largest absolute Gasteiger partial charge is 0.485 e. The van der Waals surface area contributed by atoms with Crippen LogP contribution >= 0.6 is 0 Å². The Morgan fingerprint density at radius 1 is 1.06 bits per heavy atom. The van der Waals surface area contributed by atoms with Gasteiger partial charge >= 0.3 is 5.97 Å². The van der Waals surface area contributed by atoms with Crippen LogP contribution in [0.15, 0.2) is 72.9 Å². The third-order valence-corrected chi connectivity index (χ3v) is 6.36. The number of hydrogen-bond donors (Lipinski definition) is 2. The van der Waals surface area contributed by atoms with Gasteiger partial charge in [-0.2, -0.15) is 0 Å². The molecule has 4 rings (SSSR count). The lowest BCUT2D eigenvalue weighted by Gasteiger charge is -2.23. The summed E-state index contributed by atoms with van der Waals surface area (Å²) in [6.45, 7) is 4.41. The van der Waals surface area contributed by atoms with Gasteiger partial charge in [0.1, 0.15) is 11.9 Å². The molecule has 4 aromatic rings. The van der Waals surface area contributed by atoms with Gasteiger partial charge in [-0.25, -0.2) is 0 Å². The van der Waals surface area contributed by atoms with Gasteiger partial charge in [-0.1, -0.05) is 54.5 Å². The van der Waals surface area contributed by atoms with Crippen LogP contribution in [0.4, 0.5) is 0 Å². The predicted molar refractivity (Wildman–Crippen MR) is 142 cm³/mol. The standard InChI is InChI=1S/C31H31NO4/c1-4-6-26(19-30(33)34)24-9-12-27(13-10-24)36-29(18-22-7-5-8-23(17-22)20-35-3)28-14-11-25-15-16-32-31(25)21(28)2/h5,7-17,26,29,32H,18-20H2,1-3H3,(H,33,34). The maximum atomic E-state index is 11.3. The average molecular weight is 482 g/mol. The quantitative estimate of drug-likeness (QED) is 0.251. The van der Waals surface area contributed by atoms with E-state index in [2.05, 4.69) is 60.1 Å². The van der Waals surface area contributed by atoms with Crippen molar-refractivity contribution in [2.45, 2.75) is 45.3 Å². The van der Waals surface area contributed by atoms with Crippen LogP contribution in [0, 0.1) is 18.8 Å². The minimum Gasteiger partial charge on any atom is -0.485 e. The zero-order chi connectivity index (χ0) is 25.5. The fraction of sp³-hybridized carbons (Fsp3) is 0.258. The Kier molecular flexibility index (Phi) is 8.10. The van der Waals surface area contributed by atoms with Crippen molar-refractivity contribution in [3.63, 3.8) is 0 Å². The summed E-state index contributed by atoms with van der Waals surface area (Å²) >= 11 is 0. The van der Waals surface area contributed by atoms with E-state index in [1.54, 1.807) is 14.0 Å². The molecule has 0 radical (unpaired) electrons. The zero-order valence-electron chi connectivity index (χ0n) is 20.9. The summed E-state index contributed by atoms with van der Waals surface area (Å²) in [6, 6.07) is 22.3. The van der Waals surface area contributed by atoms with Crippen molar-refractivity contribution in [2.24, 2.45) is 0 Å². The molecule has 0 saturated carbocycles. The van der Waals surface area contributed by atoms with E-state index in [1.807, 2.05) is 36.5 Å². The topological polar surface area (TPSA) is 71.6 Å². The fourth-order valence-corrected chi connectivity index (χ4v) is 4.63. The summed E-state index contributed by atoms with van der Waals surface area (Å²) in [5.41, 5.74) is 6.54. The first-order valence-corrected chi connectivity index (χ1v) is 12.0. The molecule has 1 heterocycles. The molecule has 0 spiro atoms. The first kappa shape index (κ1) is 25.1. The first-order valence-electron chi connectivity index (χ1n) is 12.0.